The second-order valence-electron chi connectivity index (χ2n) is 6.89. The number of amides is 1. The van der Waals surface area contributed by atoms with Crippen molar-refractivity contribution >= 4 is 15.9 Å². The summed E-state index contributed by atoms with van der Waals surface area (Å²) in [6.07, 6.45) is 0.273. The molecule has 1 aliphatic rings. The van der Waals surface area contributed by atoms with E-state index in [1.807, 2.05) is 20.9 Å². The third kappa shape index (κ3) is 4.43. The molecule has 1 aromatic heterocycles. The topological polar surface area (TPSA) is 93.5 Å². The van der Waals surface area contributed by atoms with Crippen molar-refractivity contribution in [3.63, 3.8) is 0 Å². The maximum absolute atomic E-state index is 12.6. The third-order valence-electron chi connectivity index (χ3n) is 5.02. The molecule has 0 spiro atoms. The van der Waals surface area contributed by atoms with E-state index >= 15 is 0 Å². The first-order valence-corrected chi connectivity index (χ1v) is 10.7. The first kappa shape index (κ1) is 20.5. The second-order valence-corrected chi connectivity index (χ2v) is 8.82. The van der Waals surface area contributed by atoms with Gasteiger partial charge in [0, 0.05) is 37.9 Å². The van der Waals surface area contributed by atoms with E-state index in [0.717, 1.165) is 22.5 Å². The lowest BCUT2D eigenvalue weighted by molar-refractivity contribution is -0.120. The predicted molar refractivity (Wildman–Crippen MR) is 104 cm³/mol. The number of sulfonamides is 1. The van der Waals surface area contributed by atoms with Crippen LogP contribution in [0.25, 0.3) is 0 Å². The van der Waals surface area contributed by atoms with Crippen LogP contribution in [-0.4, -0.2) is 54.7 Å². The molecule has 1 N–H and O–H groups in total. The van der Waals surface area contributed by atoms with E-state index in [2.05, 4.69) is 10.4 Å². The number of aryl methyl sites for hydroxylation is 2. The van der Waals surface area contributed by atoms with Gasteiger partial charge in [-0.05, 0) is 31.5 Å². The molecule has 1 saturated heterocycles. The highest BCUT2D eigenvalue weighted by atomic mass is 32.2. The van der Waals surface area contributed by atoms with E-state index < -0.39 is 10.0 Å². The molecular weight excluding hydrogens is 380 g/mol. The lowest BCUT2D eigenvalue weighted by atomic mass is 10.1. The molecule has 8 nitrogen and oxygen atoms in total. The minimum atomic E-state index is -3.50. The first-order chi connectivity index (χ1) is 13.3. The van der Waals surface area contributed by atoms with E-state index in [1.54, 1.807) is 28.9 Å². The largest absolute Gasteiger partial charge is 0.379 e. The summed E-state index contributed by atoms with van der Waals surface area (Å²) in [5.41, 5.74) is 3.61. The molecular formula is C19H26N4O4S. The van der Waals surface area contributed by atoms with Gasteiger partial charge in [0.05, 0.1) is 30.2 Å². The Morgan fingerprint density at radius 1 is 1.18 bits per heavy atom. The van der Waals surface area contributed by atoms with Gasteiger partial charge in [0.25, 0.3) is 0 Å². The van der Waals surface area contributed by atoms with Gasteiger partial charge < -0.3 is 10.1 Å². The minimum Gasteiger partial charge on any atom is -0.379 e. The fourth-order valence-corrected chi connectivity index (χ4v) is 4.62. The van der Waals surface area contributed by atoms with E-state index in [1.165, 1.54) is 4.31 Å². The Morgan fingerprint density at radius 2 is 1.82 bits per heavy atom. The molecule has 0 unspecified atom stereocenters. The maximum atomic E-state index is 12.6. The quantitative estimate of drug-likeness (QED) is 0.770. The average molecular weight is 407 g/mol. The summed E-state index contributed by atoms with van der Waals surface area (Å²) in [6, 6.07) is 6.63. The number of carbonyl (C=O) groups is 1. The highest BCUT2D eigenvalue weighted by molar-refractivity contribution is 7.89. The SMILES string of the molecule is Cc1nn(C)c(C)c1CC(=O)NCc1ccc(S(=O)(=O)N2CCOCC2)cc1. The lowest BCUT2D eigenvalue weighted by Crippen LogP contribution is -2.40. The number of rotatable bonds is 6. The highest BCUT2D eigenvalue weighted by Gasteiger charge is 2.26. The number of carbonyl (C=O) groups excluding carboxylic acids is 1. The van der Waals surface area contributed by atoms with Crippen molar-refractivity contribution in [3.05, 3.63) is 46.8 Å². The Bertz CT molecular complexity index is 945. The second kappa shape index (κ2) is 8.42. The van der Waals surface area contributed by atoms with Crippen LogP contribution >= 0.6 is 0 Å². The zero-order valence-electron chi connectivity index (χ0n) is 16.4. The zero-order chi connectivity index (χ0) is 20.3. The zero-order valence-corrected chi connectivity index (χ0v) is 17.3. The van der Waals surface area contributed by atoms with E-state index in [4.69, 9.17) is 4.74 Å². The van der Waals surface area contributed by atoms with Gasteiger partial charge in [-0.25, -0.2) is 8.42 Å². The van der Waals surface area contributed by atoms with Gasteiger partial charge in [-0.1, -0.05) is 12.1 Å². The van der Waals surface area contributed by atoms with Crippen molar-refractivity contribution in [3.8, 4) is 0 Å². The summed E-state index contributed by atoms with van der Waals surface area (Å²) in [5, 5.41) is 7.20. The summed E-state index contributed by atoms with van der Waals surface area (Å²) >= 11 is 0. The van der Waals surface area contributed by atoms with Crippen LogP contribution in [0.2, 0.25) is 0 Å². The Kier molecular flexibility index (Phi) is 6.17. The summed E-state index contributed by atoms with van der Waals surface area (Å²) in [5.74, 6) is -0.0933. The number of hydrogen-bond donors (Lipinski definition) is 1. The monoisotopic (exact) mass is 406 g/mol. The summed E-state index contributed by atoms with van der Waals surface area (Å²) in [7, 11) is -1.64. The number of ether oxygens (including phenoxy) is 1. The number of benzene rings is 1. The summed E-state index contributed by atoms with van der Waals surface area (Å²) in [6.45, 7) is 5.74. The van der Waals surface area contributed by atoms with Gasteiger partial charge in [-0.15, -0.1) is 0 Å². The smallest absolute Gasteiger partial charge is 0.243 e. The minimum absolute atomic E-state index is 0.0933. The van der Waals surface area contributed by atoms with Gasteiger partial charge in [0.15, 0.2) is 0 Å². The van der Waals surface area contributed by atoms with Crippen molar-refractivity contribution in [2.24, 2.45) is 7.05 Å². The molecule has 152 valence electrons. The van der Waals surface area contributed by atoms with Crippen LogP contribution in [0.4, 0.5) is 0 Å². The van der Waals surface area contributed by atoms with Crippen LogP contribution in [0.5, 0.6) is 0 Å². The molecule has 0 bridgehead atoms. The Balaban J connectivity index is 1.59. The van der Waals surface area contributed by atoms with Crippen LogP contribution in [0.1, 0.15) is 22.5 Å². The molecule has 28 heavy (non-hydrogen) atoms. The van der Waals surface area contributed by atoms with Gasteiger partial charge in [0.1, 0.15) is 0 Å². The molecule has 0 saturated carbocycles. The molecule has 1 fully saturated rings. The van der Waals surface area contributed by atoms with Crippen LogP contribution < -0.4 is 5.32 Å². The van der Waals surface area contributed by atoms with Crippen molar-refractivity contribution < 1.29 is 17.9 Å². The van der Waals surface area contributed by atoms with Gasteiger partial charge in [-0.3, -0.25) is 9.48 Å². The molecule has 0 aliphatic carbocycles. The van der Waals surface area contributed by atoms with Crippen LogP contribution in [-0.2, 0) is 39.6 Å². The number of morpholine rings is 1. The van der Waals surface area contributed by atoms with Gasteiger partial charge >= 0.3 is 0 Å². The van der Waals surface area contributed by atoms with Crippen molar-refractivity contribution in [2.45, 2.75) is 31.7 Å². The third-order valence-corrected chi connectivity index (χ3v) is 6.93. The molecule has 1 amide bonds. The number of nitrogens with zero attached hydrogens (tertiary/aromatic N) is 3. The van der Waals surface area contributed by atoms with Crippen molar-refractivity contribution in [1.29, 1.82) is 0 Å². The van der Waals surface area contributed by atoms with E-state index in [0.29, 0.717) is 32.8 Å². The van der Waals surface area contributed by atoms with Crippen LogP contribution in [0.3, 0.4) is 0 Å². The molecule has 9 heteroatoms. The molecule has 0 radical (unpaired) electrons. The van der Waals surface area contributed by atoms with Crippen molar-refractivity contribution in [2.75, 3.05) is 26.3 Å². The van der Waals surface area contributed by atoms with Gasteiger partial charge in [-0.2, -0.15) is 9.40 Å². The Labute approximate surface area is 165 Å². The molecule has 2 aromatic rings. The van der Waals surface area contributed by atoms with Crippen LogP contribution in [0, 0.1) is 13.8 Å². The van der Waals surface area contributed by atoms with E-state index in [9.17, 15) is 13.2 Å². The molecule has 1 aromatic carbocycles. The maximum Gasteiger partial charge on any atom is 0.243 e. The van der Waals surface area contributed by atoms with Gasteiger partial charge in [0.2, 0.25) is 15.9 Å². The van der Waals surface area contributed by atoms with E-state index in [-0.39, 0.29) is 17.2 Å². The summed E-state index contributed by atoms with van der Waals surface area (Å²) in [4.78, 5) is 12.5. The van der Waals surface area contributed by atoms with Crippen LogP contribution in [0.15, 0.2) is 29.2 Å². The standard InChI is InChI=1S/C19H26N4O4S/c1-14-18(15(2)22(3)21-14)12-19(24)20-13-16-4-6-17(7-5-16)28(25,26)23-8-10-27-11-9-23/h4-7H,8-13H2,1-3H3,(H,20,24). The number of nitrogens with one attached hydrogen (secondary N) is 1. The Morgan fingerprint density at radius 3 is 2.39 bits per heavy atom. The van der Waals surface area contributed by atoms with Crippen molar-refractivity contribution in [1.82, 2.24) is 19.4 Å². The lowest BCUT2D eigenvalue weighted by Gasteiger charge is -2.26. The molecule has 2 heterocycles. The normalized spacial score (nSPS) is 15.5. The Hall–Kier alpha value is -2.23. The number of hydrogen-bond acceptors (Lipinski definition) is 5. The highest BCUT2D eigenvalue weighted by Crippen LogP contribution is 2.18. The molecule has 3 rings (SSSR count). The predicted octanol–water partition coefficient (Wildman–Crippen LogP) is 0.917. The average Bonchev–Trinajstić information content (AvgIpc) is 2.93. The molecule has 0 atom stereocenters. The fraction of sp³-hybridized carbons (Fsp3) is 0.474. The first-order valence-electron chi connectivity index (χ1n) is 9.21. The summed E-state index contributed by atoms with van der Waals surface area (Å²) < 4.78 is 33.7. The fourth-order valence-electron chi connectivity index (χ4n) is 3.21. The number of aromatic nitrogens is 2. The molecule has 1 aliphatic heterocycles.